The number of nitrogens with two attached hydrogens (primary N) is 1. The highest BCUT2D eigenvalue weighted by molar-refractivity contribution is 7.98. The van der Waals surface area contributed by atoms with Gasteiger partial charge < -0.3 is 5.32 Å². The molecule has 1 rings (SSSR count). The summed E-state index contributed by atoms with van der Waals surface area (Å²) in [5, 5.41) is 3.23. The third-order valence-electron chi connectivity index (χ3n) is 1.80. The second kappa shape index (κ2) is 5.34. The van der Waals surface area contributed by atoms with E-state index >= 15 is 0 Å². The van der Waals surface area contributed by atoms with Gasteiger partial charge in [0, 0.05) is 11.8 Å². The van der Waals surface area contributed by atoms with Crippen LogP contribution in [0.5, 0.6) is 0 Å². The summed E-state index contributed by atoms with van der Waals surface area (Å²) in [6, 6.07) is 0.906. The van der Waals surface area contributed by atoms with Crippen LogP contribution >= 0.6 is 11.8 Å². The molecule has 1 aliphatic rings. The van der Waals surface area contributed by atoms with Crippen LogP contribution in [0, 0.1) is 0 Å². The predicted molar refractivity (Wildman–Crippen MR) is 58.8 cm³/mol. The first-order valence-corrected chi connectivity index (χ1v) is 5.95. The zero-order valence-corrected chi connectivity index (χ0v) is 9.03. The molecule has 4 N–H and O–H groups in total. The lowest BCUT2D eigenvalue weighted by Crippen LogP contribution is -2.46. The molecule has 0 aliphatic heterocycles. The van der Waals surface area contributed by atoms with E-state index in [1.807, 2.05) is 11.8 Å². The van der Waals surface area contributed by atoms with Gasteiger partial charge >= 0.3 is 0 Å². The molecule has 0 radical (unpaired) electrons. The van der Waals surface area contributed by atoms with Gasteiger partial charge in [0.15, 0.2) is 0 Å². The molecule has 0 heterocycles. The molecule has 0 aromatic carbocycles. The summed E-state index contributed by atoms with van der Waals surface area (Å²) >= 11 is 1.81. The number of hydrazine groups is 1. The van der Waals surface area contributed by atoms with Crippen LogP contribution in [0.4, 0.5) is 0 Å². The van der Waals surface area contributed by atoms with E-state index in [-0.39, 0.29) is 0 Å². The maximum absolute atomic E-state index is 5.34. The highest BCUT2D eigenvalue weighted by atomic mass is 32.2. The summed E-state index contributed by atoms with van der Waals surface area (Å²) in [6.45, 7) is 2.12. The zero-order chi connectivity index (χ0) is 9.68. The highest BCUT2D eigenvalue weighted by Crippen LogP contribution is 2.23. The summed E-state index contributed by atoms with van der Waals surface area (Å²) in [6.07, 6.45) is 4.49. The molecule has 1 saturated carbocycles. The first-order valence-electron chi connectivity index (χ1n) is 4.56. The summed E-state index contributed by atoms with van der Waals surface area (Å²) in [7, 11) is 0. The zero-order valence-electron chi connectivity index (χ0n) is 8.21. The minimum atomic E-state index is 0.406. The highest BCUT2D eigenvalue weighted by Gasteiger charge is 2.21. The van der Waals surface area contributed by atoms with Crippen molar-refractivity contribution in [2.45, 2.75) is 31.8 Å². The van der Waals surface area contributed by atoms with Crippen LogP contribution in [0.2, 0.25) is 0 Å². The van der Waals surface area contributed by atoms with E-state index in [1.54, 1.807) is 0 Å². The Hall–Kier alpha value is -0.420. The number of nitrogens with one attached hydrogen (secondary N) is 2. The number of hydrogen-bond donors (Lipinski definition) is 3. The Balaban J connectivity index is 2.29. The molecule has 0 spiro atoms. The molecule has 1 fully saturated rings. The number of thioether (sulfide) groups is 1. The van der Waals surface area contributed by atoms with Gasteiger partial charge in [0.05, 0.1) is 6.04 Å². The SMILES string of the molecule is CSCC(C)NC(=NC1CC1)NN. The average Bonchev–Trinajstić information content (AvgIpc) is 2.87. The van der Waals surface area contributed by atoms with Crippen molar-refractivity contribution in [2.75, 3.05) is 12.0 Å². The molecule has 1 atom stereocenters. The van der Waals surface area contributed by atoms with Crippen LogP contribution in [0.25, 0.3) is 0 Å². The minimum Gasteiger partial charge on any atom is -0.352 e. The second-order valence-corrected chi connectivity index (χ2v) is 4.26. The fraction of sp³-hybridized carbons (Fsp3) is 0.875. The predicted octanol–water partition coefficient (Wildman–Crippen LogP) is 0.309. The Labute approximate surface area is 83.7 Å². The number of guanidine groups is 1. The summed E-state index contributed by atoms with van der Waals surface area (Å²) in [5.41, 5.74) is 2.59. The van der Waals surface area contributed by atoms with E-state index in [9.17, 15) is 0 Å². The lowest BCUT2D eigenvalue weighted by atomic mass is 10.4. The molecule has 0 bridgehead atoms. The number of aliphatic imine (C=N–C) groups is 1. The van der Waals surface area contributed by atoms with Crippen molar-refractivity contribution < 1.29 is 0 Å². The Morgan fingerprint density at radius 2 is 2.38 bits per heavy atom. The molecular formula is C8H18N4S. The molecule has 13 heavy (non-hydrogen) atoms. The number of hydrogen-bond acceptors (Lipinski definition) is 3. The van der Waals surface area contributed by atoms with Crippen LogP contribution < -0.4 is 16.6 Å². The molecule has 0 aromatic heterocycles. The van der Waals surface area contributed by atoms with Crippen LogP contribution in [-0.2, 0) is 0 Å². The third-order valence-corrected chi connectivity index (χ3v) is 2.63. The quantitative estimate of drug-likeness (QED) is 0.266. The van der Waals surface area contributed by atoms with Crippen molar-refractivity contribution in [3.8, 4) is 0 Å². The molecule has 1 aliphatic carbocycles. The summed E-state index contributed by atoms with van der Waals surface area (Å²) < 4.78 is 0. The van der Waals surface area contributed by atoms with Gasteiger partial charge in [0.1, 0.15) is 0 Å². The van der Waals surface area contributed by atoms with Crippen molar-refractivity contribution in [3.05, 3.63) is 0 Å². The van der Waals surface area contributed by atoms with E-state index in [4.69, 9.17) is 5.84 Å². The monoisotopic (exact) mass is 202 g/mol. The first kappa shape index (κ1) is 10.7. The fourth-order valence-electron chi connectivity index (χ4n) is 1.03. The molecule has 0 saturated heterocycles. The Morgan fingerprint density at radius 1 is 1.69 bits per heavy atom. The normalized spacial score (nSPS) is 19.8. The van der Waals surface area contributed by atoms with Gasteiger partial charge in [0.25, 0.3) is 0 Å². The molecule has 0 aromatic rings. The fourth-order valence-corrected chi connectivity index (χ4v) is 1.61. The van der Waals surface area contributed by atoms with E-state index < -0.39 is 0 Å². The van der Waals surface area contributed by atoms with E-state index in [0.717, 1.165) is 11.7 Å². The molecule has 1 unspecified atom stereocenters. The Kier molecular flexibility index (Phi) is 4.38. The lowest BCUT2D eigenvalue weighted by molar-refractivity contribution is 0.711. The van der Waals surface area contributed by atoms with Gasteiger partial charge in [-0.2, -0.15) is 11.8 Å². The van der Waals surface area contributed by atoms with Crippen molar-refractivity contribution in [3.63, 3.8) is 0 Å². The summed E-state index contributed by atoms with van der Waals surface area (Å²) in [5.74, 6) is 7.13. The maximum atomic E-state index is 5.34. The van der Waals surface area contributed by atoms with Crippen LogP contribution in [-0.4, -0.2) is 30.1 Å². The van der Waals surface area contributed by atoms with Gasteiger partial charge in [0.2, 0.25) is 5.96 Å². The minimum absolute atomic E-state index is 0.406. The van der Waals surface area contributed by atoms with Crippen molar-refractivity contribution in [1.29, 1.82) is 0 Å². The molecular weight excluding hydrogens is 184 g/mol. The largest absolute Gasteiger partial charge is 0.352 e. The Morgan fingerprint density at radius 3 is 2.85 bits per heavy atom. The maximum Gasteiger partial charge on any atom is 0.206 e. The number of rotatable bonds is 4. The van der Waals surface area contributed by atoms with E-state index in [2.05, 4.69) is 28.9 Å². The van der Waals surface area contributed by atoms with Crippen molar-refractivity contribution in [2.24, 2.45) is 10.8 Å². The second-order valence-electron chi connectivity index (χ2n) is 3.35. The van der Waals surface area contributed by atoms with Crippen LogP contribution in [0.1, 0.15) is 19.8 Å². The van der Waals surface area contributed by atoms with Crippen molar-refractivity contribution in [1.82, 2.24) is 10.7 Å². The summed E-state index contributed by atoms with van der Waals surface area (Å²) in [4.78, 5) is 4.39. The smallest absolute Gasteiger partial charge is 0.206 e. The standard InChI is InChI=1S/C8H18N4S/c1-6(5-13-2)10-8(12-9)11-7-3-4-7/h6-7H,3-5,9H2,1-2H3,(H2,10,11,12). The number of nitrogens with zero attached hydrogens (tertiary/aromatic N) is 1. The molecule has 0 amide bonds. The first-order chi connectivity index (χ1) is 6.26. The lowest BCUT2D eigenvalue weighted by Gasteiger charge is -2.15. The van der Waals surface area contributed by atoms with Gasteiger partial charge in [-0.15, -0.1) is 0 Å². The average molecular weight is 202 g/mol. The molecule has 76 valence electrons. The third kappa shape index (κ3) is 4.38. The van der Waals surface area contributed by atoms with E-state index in [0.29, 0.717) is 12.1 Å². The topological polar surface area (TPSA) is 62.4 Å². The van der Waals surface area contributed by atoms with Crippen LogP contribution in [0.15, 0.2) is 4.99 Å². The van der Waals surface area contributed by atoms with Gasteiger partial charge in [-0.1, -0.05) is 0 Å². The Bertz CT molecular complexity index is 179. The van der Waals surface area contributed by atoms with E-state index in [1.165, 1.54) is 12.8 Å². The van der Waals surface area contributed by atoms with Crippen LogP contribution in [0.3, 0.4) is 0 Å². The van der Waals surface area contributed by atoms with Gasteiger partial charge in [-0.05, 0) is 26.0 Å². The van der Waals surface area contributed by atoms with Crippen molar-refractivity contribution >= 4 is 17.7 Å². The van der Waals surface area contributed by atoms with Gasteiger partial charge in [-0.25, -0.2) is 10.8 Å². The van der Waals surface area contributed by atoms with Gasteiger partial charge in [-0.3, -0.25) is 5.43 Å². The molecule has 5 heteroatoms. The molecule has 4 nitrogen and oxygen atoms in total.